The molecule has 1 amide bonds. The number of hydrogen-bond donors (Lipinski definition) is 2. The third-order valence-electron chi connectivity index (χ3n) is 4.24. The van der Waals surface area contributed by atoms with Crippen molar-refractivity contribution >= 4 is 5.91 Å². The normalized spacial score (nSPS) is 19.9. The van der Waals surface area contributed by atoms with Gasteiger partial charge in [0.1, 0.15) is 5.69 Å². The number of nitrogens with zero attached hydrogens (tertiary/aromatic N) is 2. The molecule has 1 aromatic heterocycles. The molecule has 0 bridgehead atoms. The topological polar surface area (TPSA) is 69.2 Å². The van der Waals surface area contributed by atoms with Crippen LogP contribution in [0, 0.1) is 0 Å². The van der Waals surface area contributed by atoms with Crippen molar-refractivity contribution in [3.8, 4) is 11.3 Å². The van der Waals surface area contributed by atoms with E-state index in [-0.39, 0.29) is 11.9 Å². The number of carbonyl (C=O) groups is 1. The Labute approximate surface area is 130 Å². The molecular weight excluding hydrogens is 278 g/mol. The first-order valence-corrected chi connectivity index (χ1v) is 7.76. The quantitative estimate of drug-likeness (QED) is 0.914. The van der Waals surface area contributed by atoms with Gasteiger partial charge in [0, 0.05) is 12.1 Å². The van der Waals surface area contributed by atoms with Crippen molar-refractivity contribution in [3.05, 3.63) is 42.1 Å². The highest BCUT2D eigenvalue weighted by atomic mass is 16.3. The van der Waals surface area contributed by atoms with Gasteiger partial charge in [-0.15, -0.1) is 0 Å². The van der Waals surface area contributed by atoms with Crippen LogP contribution in [0.1, 0.15) is 36.7 Å². The van der Waals surface area contributed by atoms with Crippen LogP contribution in [0.5, 0.6) is 0 Å². The second-order valence-electron chi connectivity index (χ2n) is 5.84. The summed E-state index contributed by atoms with van der Waals surface area (Å²) in [6, 6.07) is 11.4. The second-order valence-corrected chi connectivity index (χ2v) is 5.84. The molecule has 116 valence electrons. The number of rotatable bonds is 3. The molecular formula is C17H21N3O2. The molecule has 1 aliphatic heterocycles. The fraction of sp³-hybridized carbons (Fsp3) is 0.412. The summed E-state index contributed by atoms with van der Waals surface area (Å²) in [6.07, 6.45) is 2.37. The fourth-order valence-corrected chi connectivity index (χ4v) is 3.05. The van der Waals surface area contributed by atoms with Crippen LogP contribution >= 0.6 is 0 Å². The van der Waals surface area contributed by atoms with E-state index in [2.05, 4.69) is 10.2 Å². The van der Waals surface area contributed by atoms with Crippen molar-refractivity contribution in [1.29, 1.82) is 0 Å². The van der Waals surface area contributed by atoms with Crippen molar-refractivity contribution in [3.63, 3.8) is 0 Å². The number of benzene rings is 1. The lowest BCUT2D eigenvalue weighted by atomic mass is 9.97. The predicted octanol–water partition coefficient (Wildman–Crippen LogP) is 2.45. The van der Waals surface area contributed by atoms with Crippen LogP contribution in [0.15, 0.2) is 36.4 Å². The van der Waals surface area contributed by atoms with Crippen LogP contribution in [0.4, 0.5) is 0 Å². The molecule has 0 spiro atoms. The van der Waals surface area contributed by atoms with Gasteiger partial charge in [0.2, 0.25) is 0 Å². The number of aliphatic hydroxyl groups excluding tert-OH is 1. The van der Waals surface area contributed by atoms with Gasteiger partial charge in [-0.05, 0) is 32.3 Å². The Hall–Kier alpha value is -2.14. The van der Waals surface area contributed by atoms with Crippen LogP contribution in [0.25, 0.3) is 11.3 Å². The Kier molecular flexibility index (Phi) is 4.24. The Morgan fingerprint density at radius 2 is 2.14 bits per heavy atom. The highest BCUT2D eigenvalue weighted by molar-refractivity contribution is 5.93. The number of carbonyl (C=O) groups excluding carboxylic acids is 1. The minimum Gasteiger partial charge on any atom is -0.391 e. The van der Waals surface area contributed by atoms with Crippen LogP contribution in [0.3, 0.4) is 0 Å². The Balaban J connectivity index is 1.82. The molecule has 2 heterocycles. The van der Waals surface area contributed by atoms with Crippen molar-refractivity contribution < 1.29 is 9.90 Å². The monoisotopic (exact) mass is 299 g/mol. The molecule has 0 radical (unpaired) electrons. The first kappa shape index (κ1) is 14.8. The number of aromatic amines is 1. The van der Waals surface area contributed by atoms with E-state index in [1.165, 1.54) is 0 Å². The minimum absolute atomic E-state index is 0.0831. The summed E-state index contributed by atoms with van der Waals surface area (Å²) >= 11 is 0. The summed E-state index contributed by atoms with van der Waals surface area (Å²) in [5.74, 6) is -0.0831. The van der Waals surface area contributed by atoms with Crippen molar-refractivity contribution in [2.75, 3.05) is 6.54 Å². The fourth-order valence-electron chi connectivity index (χ4n) is 3.05. The van der Waals surface area contributed by atoms with Crippen LogP contribution in [-0.2, 0) is 0 Å². The zero-order valence-electron chi connectivity index (χ0n) is 12.7. The van der Waals surface area contributed by atoms with Crippen LogP contribution < -0.4 is 0 Å². The molecule has 1 aromatic carbocycles. The number of aromatic nitrogens is 2. The third-order valence-corrected chi connectivity index (χ3v) is 4.24. The molecule has 3 rings (SSSR count). The molecule has 1 fully saturated rings. The molecule has 2 unspecified atom stereocenters. The van der Waals surface area contributed by atoms with Gasteiger partial charge in [-0.1, -0.05) is 30.3 Å². The van der Waals surface area contributed by atoms with Gasteiger partial charge < -0.3 is 10.0 Å². The molecule has 1 aliphatic rings. The molecule has 0 saturated carbocycles. The van der Waals surface area contributed by atoms with Gasteiger partial charge in [0.15, 0.2) is 0 Å². The van der Waals surface area contributed by atoms with E-state index >= 15 is 0 Å². The van der Waals surface area contributed by atoms with E-state index < -0.39 is 6.10 Å². The van der Waals surface area contributed by atoms with Gasteiger partial charge in [-0.2, -0.15) is 5.10 Å². The van der Waals surface area contributed by atoms with Crippen molar-refractivity contribution in [2.45, 2.75) is 38.3 Å². The lowest BCUT2D eigenvalue weighted by molar-refractivity contribution is 0.0276. The third kappa shape index (κ3) is 2.90. The number of piperidine rings is 1. The zero-order valence-corrected chi connectivity index (χ0v) is 12.7. The molecule has 5 nitrogen and oxygen atoms in total. The first-order chi connectivity index (χ1) is 10.7. The van der Waals surface area contributed by atoms with Gasteiger partial charge in [-0.25, -0.2) is 0 Å². The molecule has 5 heteroatoms. The summed E-state index contributed by atoms with van der Waals surface area (Å²) in [4.78, 5) is 14.5. The van der Waals surface area contributed by atoms with Gasteiger partial charge in [-0.3, -0.25) is 9.89 Å². The number of nitrogens with one attached hydrogen (secondary N) is 1. The van der Waals surface area contributed by atoms with Crippen LogP contribution in [0.2, 0.25) is 0 Å². The Bertz CT molecular complexity index is 636. The van der Waals surface area contributed by atoms with Crippen LogP contribution in [-0.4, -0.2) is 44.8 Å². The average Bonchev–Trinajstić information content (AvgIpc) is 3.05. The minimum atomic E-state index is -0.513. The SMILES string of the molecule is CC(O)C1CCCCN1C(=O)c1cc(-c2ccccc2)n[nH]1. The highest BCUT2D eigenvalue weighted by Crippen LogP contribution is 2.23. The summed E-state index contributed by atoms with van der Waals surface area (Å²) in [5.41, 5.74) is 2.21. The highest BCUT2D eigenvalue weighted by Gasteiger charge is 2.31. The lowest BCUT2D eigenvalue weighted by Crippen LogP contribution is -2.49. The number of H-pyrrole nitrogens is 1. The van der Waals surface area contributed by atoms with Crippen molar-refractivity contribution in [2.24, 2.45) is 0 Å². The smallest absolute Gasteiger partial charge is 0.272 e. The Morgan fingerprint density at radius 3 is 2.86 bits per heavy atom. The second kappa shape index (κ2) is 6.32. The number of hydrogen-bond acceptors (Lipinski definition) is 3. The summed E-state index contributed by atoms with van der Waals surface area (Å²) in [6.45, 7) is 2.44. The maximum atomic E-state index is 12.7. The average molecular weight is 299 g/mol. The molecule has 2 aromatic rings. The number of likely N-dealkylation sites (tertiary alicyclic amines) is 1. The maximum absolute atomic E-state index is 12.7. The van der Waals surface area contributed by atoms with Gasteiger partial charge >= 0.3 is 0 Å². The van der Waals surface area contributed by atoms with Crippen molar-refractivity contribution in [1.82, 2.24) is 15.1 Å². The number of aliphatic hydroxyl groups is 1. The molecule has 0 aliphatic carbocycles. The van der Waals surface area contributed by atoms with E-state index in [1.807, 2.05) is 30.3 Å². The van der Waals surface area contributed by atoms with E-state index in [0.29, 0.717) is 12.2 Å². The molecule has 2 N–H and O–H groups in total. The zero-order chi connectivity index (χ0) is 15.5. The summed E-state index contributed by atoms with van der Waals surface area (Å²) in [5, 5.41) is 17.0. The Morgan fingerprint density at radius 1 is 1.36 bits per heavy atom. The van der Waals surface area contributed by atoms with Gasteiger partial charge in [0.25, 0.3) is 5.91 Å². The van der Waals surface area contributed by atoms with E-state index in [0.717, 1.165) is 30.5 Å². The van der Waals surface area contributed by atoms with Gasteiger partial charge in [0.05, 0.1) is 17.8 Å². The molecule has 2 atom stereocenters. The maximum Gasteiger partial charge on any atom is 0.272 e. The van der Waals surface area contributed by atoms with E-state index in [4.69, 9.17) is 0 Å². The number of amides is 1. The molecule has 1 saturated heterocycles. The van der Waals surface area contributed by atoms with E-state index in [1.54, 1.807) is 17.9 Å². The largest absolute Gasteiger partial charge is 0.391 e. The summed E-state index contributed by atoms with van der Waals surface area (Å²) < 4.78 is 0. The molecule has 22 heavy (non-hydrogen) atoms. The summed E-state index contributed by atoms with van der Waals surface area (Å²) in [7, 11) is 0. The lowest BCUT2D eigenvalue weighted by Gasteiger charge is -2.37. The predicted molar refractivity (Wildman–Crippen MR) is 84.4 cm³/mol. The first-order valence-electron chi connectivity index (χ1n) is 7.76. The standard InChI is InChI=1S/C17H21N3O2/c1-12(21)16-9-5-6-10-20(16)17(22)15-11-14(18-19-15)13-7-3-2-4-8-13/h2-4,7-8,11-12,16,21H,5-6,9-10H2,1H3,(H,18,19). The van der Waals surface area contributed by atoms with E-state index in [9.17, 15) is 9.90 Å².